The number of carbonyl (C=O) groups is 3. The number of aryl methyl sites for hydroxylation is 1. The van der Waals surface area contributed by atoms with Crippen LogP contribution < -0.4 is 10.6 Å². The minimum absolute atomic E-state index is 0.173. The minimum atomic E-state index is -0.732. The fourth-order valence-electron chi connectivity index (χ4n) is 2.56. The first kappa shape index (κ1) is 20.2. The second-order valence-corrected chi connectivity index (χ2v) is 6.64. The van der Waals surface area contributed by atoms with Crippen molar-refractivity contribution in [1.29, 1.82) is 0 Å². The van der Waals surface area contributed by atoms with Gasteiger partial charge in [0.25, 0.3) is 11.8 Å². The number of esters is 1. The number of hydrogen-bond donors (Lipinski definition) is 2. The molecule has 1 aromatic carbocycles. The van der Waals surface area contributed by atoms with Crippen molar-refractivity contribution in [1.82, 2.24) is 5.32 Å². The lowest BCUT2D eigenvalue weighted by Gasteiger charge is -2.18. The van der Waals surface area contributed by atoms with Gasteiger partial charge < -0.3 is 19.8 Å². The Labute approximate surface area is 158 Å². The number of benzene rings is 1. The van der Waals surface area contributed by atoms with Crippen LogP contribution in [0.5, 0.6) is 0 Å². The van der Waals surface area contributed by atoms with Crippen molar-refractivity contribution < 1.29 is 23.5 Å². The predicted molar refractivity (Wildman–Crippen MR) is 101 cm³/mol. The highest BCUT2D eigenvalue weighted by Gasteiger charge is 2.23. The van der Waals surface area contributed by atoms with E-state index in [0.29, 0.717) is 17.7 Å². The van der Waals surface area contributed by atoms with Gasteiger partial charge in [-0.2, -0.15) is 0 Å². The smallest absolute Gasteiger partial charge is 0.328 e. The van der Waals surface area contributed by atoms with Gasteiger partial charge in [-0.15, -0.1) is 0 Å². The van der Waals surface area contributed by atoms with Gasteiger partial charge in [0.1, 0.15) is 6.04 Å². The average Bonchev–Trinajstić information content (AvgIpc) is 3.16. The van der Waals surface area contributed by atoms with Gasteiger partial charge in [0.2, 0.25) is 0 Å². The quantitative estimate of drug-likeness (QED) is 0.728. The van der Waals surface area contributed by atoms with Gasteiger partial charge in [0, 0.05) is 11.3 Å². The number of furan rings is 1. The number of hydrogen-bond acceptors (Lipinski definition) is 5. The highest BCUT2D eigenvalue weighted by atomic mass is 16.5. The maximum atomic E-state index is 12.6. The lowest BCUT2D eigenvalue weighted by molar-refractivity contribution is -0.143. The fraction of sp³-hybridized carbons (Fsp3) is 0.350. The van der Waals surface area contributed by atoms with E-state index in [1.807, 2.05) is 20.8 Å². The predicted octanol–water partition coefficient (Wildman–Crippen LogP) is 3.16. The Hall–Kier alpha value is -3.09. The first-order chi connectivity index (χ1) is 12.8. The van der Waals surface area contributed by atoms with Crippen LogP contribution in [0.1, 0.15) is 46.7 Å². The summed E-state index contributed by atoms with van der Waals surface area (Å²) < 4.78 is 9.84. The molecular weight excluding hydrogens is 348 g/mol. The summed E-state index contributed by atoms with van der Waals surface area (Å²) in [7, 11) is 1.29. The summed E-state index contributed by atoms with van der Waals surface area (Å²) in [6.07, 6.45) is 1.87. The highest BCUT2D eigenvalue weighted by Crippen LogP contribution is 2.19. The van der Waals surface area contributed by atoms with Crippen LogP contribution in [0, 0.1) is 12.8 Å². The molecule has 0 aliphatic carbocycles. The number of amides is 2. The topological polar surface area (TPSA) is 97.6 Å². The van der Waals surface area contributed by atoms with Crippen LogP contribution in [0.25, 0.3) is 0 Å². The molecule has 0 spiro atoms. The minimum Gasteiger partial charge on any atom is -0.467 e. The Balaban J connectivity index is 2.16. The van der Waals surface area contributed by atoms with E-state index in [1.165, 1.54) is 13.4 Å². The lowest BCUT2D eigenvalue weighted by Crippen LogP contribution is -2.42. The molecule has 1 atom stereocenters. The van der Waals surface area contributed by atoms with Crippen molar-refractivity contribution in [2.45, 2.75) is 33.2 Å². The molecule has 2 aromatic rings. The van der Waals surface area contributed by atoms with E-state index in [1.54, 1.807) is 30.3 Å². The van der Waals surface area contributed by atoms with Crippen molar-refractivity contribution in [3.8, 4) is 0 Å². The van der Waals surface area contributed by atoms with Crippen molar-refractivity contribution in [2.24, 2.45) is 5.92 Å². The van der Waals surface area contributed by atoms with Crippen LogP contribution in [0.3, 0.4) is 0 Å². The van der Waals surface area contributed by atoms with Crippen molar-refractivity contribution in [3.63, 3.8) is 0 Å². The summed E-state index contributed by atoms with van der Waals surface area (Å²) in [6, 6.07) is 7.36. The van der Waals surface area contributed by atoms with Gasteiger partial charge in [-0.1, -0.05) is 19.9 Å². The van der Waals surface area contributed by atoms with Crippen LogP contribution in [-0.2, 0) is 9.53 Å². The highest BCUT2D eigenvalue weighted by molar-refractivity contribution is 6.04. The number of nitrogens with one attached hydrogen (secondary N) is 2. The van der Waals surface area contributed by atoms with Crippen LogP contribution in [-0.4, -0.2) is 30.9 Å². The Morgan fingerprint density at radius 3 is 2.48 bits per heavy atom. The van der Waals surface area contributed by atoms with Gasteiger partial charge in [-0.25, -0.2) is 4.79 Å². The SMILES string of the molecule is COC(=O)C(CC(C)C)NC(=O)c1ccc(C)c(NC(=O)c2ccco2)c1. The zero-order valence-corrected chi connectivity index (χ0v) is 15.9. The number of anilines is 1. The second kappa shape index (κ2) is 9.02. The van der Waals surface area contributed by atoms with Crippen LogP contribution in [0.4, 0.5) is 5.69 Å². The van der Waals surface area contributed by atoms with E-state index in [4.69, 9.17) is 9.15 Å². The Morgan fingerprint density at radius 1 is 1.15 bits per heavy atom. The summed E-state index contributed by atoms with van der Waals surface area (Å²) in [5.74, 6) is -0.939. The molecule has 144 valence electrons. The van der Waals surface area contributed by atoms with Crippen LogP contribution >= 0.6 is 0 Å². The van der Waals surface area contributed by atoms with E-state index in [9.17, 15) is 14.4 Å². The summed E-state index contributed by atoms with van der Waals surface area (Å²) in [5, 5.41) is 5.42. The number of carbonyl (C=O) groups excluding carboxylic acids is 3. The molecule has 2 N–H and O–H groups in total. The summed E-state index contributed by atoms with van der Waals surface area (Å²) in [5.41, 5.74) is 1.61. The van der Waals surface area contributed by atoms with E-state index in [-0.39, 0.29) is 11.7 Å². The van der Waals surface area contributed by atoms with Crippen molar-refractivity contribution >= 4 is 23.5 Å². The molecule has 0 aliphatic heterocycles. The molecule has 7 heteroatoms. The largest absolute Gasteiger partial charge is 0.467 e. The fourth-order valence-corrected chi connectivity index (χ4v) is 2.56. The Morgan fingerprint density at radius 2 is 1.89 bits per heavy atom. The molecule has 27 heavy (non-hydrogen) atoms. The maximum absolute atomic E-state index is 12.6. The van der Waals surface area contributed by atoms with E-state index in [0.717, 1.165) is 5.56 Å². The molecule has 2 rings (SSSR count). The molecule has 7 nitrogen and oxygen atoms in total. The summed E-state index contributed by atoms with van der Waals surface area (Å²) >= 11 is 0. The first-order valence-electron chi connectivity index (χ1n) is 8.66. The van der Waals surface area contributed by atoms with Crippen LogP contribution in [0.2, 0.25) is 0 Å². The third-order valence-corrected chi connectivity index (χ3v) is 3.99. The third kappa shape index (κ3) is 5.44. The molecule has 0 radical (unpaired) electrons. The zero-order valence-electron chi connectivity index (χ0n) is 15.9. The molecule has 0 saturated heterocycles. The summed E-state index contributed by atoms with van der Waals surface area (Å²) in [4.78, 5) is 36.7. The van der Waals surface area contributed by atoms with Crippen LogP contribution in [0.15, 0.2) is 41.0 Å². The molecule has 2 amide bonds. The van der Waals surface area contributed by atoms with Crippen molar-refractivity contribution in [2.75, 3.05) is 12.4 Å². The average molecular weight is 372 g/mol. The van der Waals surface area contributed by atoms with Gasteiger partial charge in [0.15, 0.2) is 5.76 Å². The third-order valence-electron chi connectivity index (χ3n) is 3.99. The summed E-state index contributed by atoms with van der Waals surface area (Å²) in [6.45, 7) is 5.72. The normalized spacial score (nSPS) is 11.7. The Kier molecular flexibility index (Phi) is 6.76. The zero-order chi connectivity index (χ0) is 20.0. The second-order valence-electron chi connectivity index (χ2n) is 6.64. The molecule has 0 fully saturated rings. The van der Waals surface area contributed by atoms with Gasteiger partial charge in [-0.05, 0) is 49.1 Å². The molecule has 0 saturated carbocycles. The molecule has 0 aliphatic rings. The molecule has 1 aromatic heterocycles. The van der Waals surface area contributed by atoms with E-state index >= 15 is 0 Å². The molecular formula is C20H24N2O5. The number of rotatable bonds is 7. The lowest BCUT2D eigenvalue weighted by atomic mass is 10.0. The molecule has 1 heterocycles. The van der Waals surface area contributed by atoms with E-state index in [2.05, 4.69) is 10.6 Å². The standard InChI is InChI=1S/C20H24N2O5/c1-12(2)10-16(20(25)26-4)22-18(23)14-8-7-13(3)15(11-14)21-19(24)17-6-5-9-27-17/h5-9,11-12,16H,10H2,1-4H3,(H,21,24)(H,22,23). The van der Waals surface area contributed by atoms with E-state index < -0.39 is 23.8 Å². The monoisotopic (exact) mass is 372 g/mol. The first-order valence-corrected chi connectivity index (χ1v) is 8.66. The van der Waals surface area contributed by atoms with Gasteiger partial charge >= 0.3 is 5.97 Å². The van der Waals surface area contributed by atoms with Gasteiger partial charge in [-0.3, -0.25) is 9.59 Å². The number of ether oxygens (including phenoxy) is 1. The maximum Gasteiger partial charge on any atom is 0.328 e. The molecule has 1 unspecified atom stereocenters. The van der Waals surface area contributed by atoms with Crippen molar-refractivity contribution in [3.05, 3.63) is 53.5 Å². The Bertz CT molecular complexity index is 812. The molecule has 0 bridgehead atoms. The van der Waals surface area contributed by atoms with Gasteiger partial charge in [0.05, 0.1) is 13.4 Å². The number of methoxy groups -OCH3 is 1.